The van der Waals surface area contributed by atoms with E-state index in [-0.39, 0.29) is 12.4 Å². The van der Waals surface area contributed by atoms with Crippen molar-refractivity contribution in [3.8, 4) is 0 Å². The molecule has 2 saturated carbocycles. The fourth-order valence-electron chi connectivity index (χ4n) is 5.18. The van der Waals surface area contributed by atoms with Crippen molar-refractivity contribution in [2.75, 3.05) is 33.3 Å². The highest BCUT2D eigenvalue weighted by Gasteiger charge is 2.58. The molecule has 124 valence electrons. The molecular formula is C17H33ClN2O. The van der Waals surface area contributed by atoms with Gasteiger partial charge in [0, 0.05) is 31.2 Å². The molecule has 1 spiro atoms. The first-order chi connectivity index (χ1) is 9.60. The van der Waals surface area contributed by atoms with Crippen LogP contribution in [0.15, 0.2) is 0 Å². The molecule has 1 heterocycles. The van der Waals surface area contributed by atoms with Crippen molar-refractivity contribution in [2.45, 2.75) is 64.5 Å². The summed E-state index contributed by atoms with van der Waals surface area (Å²) < 4.78 is 6.05. The first-order valence-electron chi connectivity index (χ1n) is 8.62. The van der Waals surface area contributed by atoms with Crippen molar-refractivity contribution < 1.29 is 4.74 Å². The lowest BCUT2D eigenvalue weighted by Crippen LogP contribution is -2.64. The van der Waals surface area contributed by atoms with Crippen molar-refractivity contribution in [3.05, 3.63) is 0 Å². The summed E-state index contributed by atoms with van der Waals surface area (Å²) in [6.45, 7) is 9.10. The van der Waals surface area contributed by atoms with E-state index in [0.717, 1.165) is 12.6 Å². The van der Waals surface area contributed by atoms with Gasteiger partial charge < -0.3 is 15.0 Å². The fourth-order valence-corrected chi connectivity index (χ4v) is 5.18. The molecule has 3 atom stereocenters. The van der Waals surface area contributed by atoms with Gasteiger partial charge in [-0.15, -0.1) is 12.4 Å². The molecule has 3 aliphatic rings. The molecule has 3 fully saturated rings. The van der Waals surface area contributed by atoms with Crippen LogP contribution < -0.4 is 5.32 Å². The van der Waals surface area contributed by atoms with Crippen LogP contribution in [0.3, 0.4) is 0 Å². The van der Waals surface area contributed by atoms with Crippen molar-refractivity contribution in [3.63, 3.8) is 0 Å². The Hall–Kier alpha value is 0.170. The number of ether oxygens (including phenoxy) is 1. The third-order valence-electron chi connectivity index (χ3n) is 6.26. The predicted octanol–water partition coefficient (Wildman–Crippen LogP) is 3.08. The largest absolute Gasteiger partial charge is 0.378 e. The molecule has 0 amide bonds. The molecule has 4 heteroatoms. The molecule has 0 aromatic heterocycles. The second kappa shape index (κ2) is 6.74. The highest BCUT2D eigenvalue weighted by Crippen LogP contribution is 2.56. The van der Waals surface area contributed by atoms with Crippen LogP contribution in [-0.2, 0) is 4.74 Å². The normalized spacial score (nSPS) is 37.7. The average Bonchev–Trinajstić information content (AvgIpc) is 3.04. The quantitative estimate of drug-likeness (QED) is 0.843. The Morgan fingerprint density at radius 3 is 2.52 bits per heavy atom. The van der Waals surface area contributed by atoms with Crippen molar-refractivity contribution in [1.29, 1.82) is 0 Å². The fraction of sp³-hybridized carbons (Fsp3) is 1.00. The van der Waals surface area contributed by atoms with E-state index >= 15 is 0 Å². The number of hydrogen-bond acceptors (Lipinski definition) is 3. The van der Waals surface area contributed by atoms with Gasteiger partial charge in [-0.25, -0.2) is 0 Å². The zero-order chi connectivity index (χ0) is 14.2. The standard InChI is InChI=1S/C17H32N2O.ClH/c1-4-20-15-11-14(17(15)7-5-6-8-17)19(3)13-16(2)9-10-18-12-16;/h14-15,18H,4-13H2,1-3H3;1H. The lowest BCUT2D eigenvalue weighted by Gasteiger charge is -2.58. The van der Waals surface area contributed by atoms with Gasteiger partial charge in [-0.1, -0.05) is 19.8 Å². The number of nitrogens with one attached hydrogen (secondary N) is 1. The smallest absolute Gasteiger partial charge is 0.0661 e. The van der Waals surface area contributed by atoms with Crippen LogP contribution in [-0.4, -0.2) is 50.3 Å². The van der Waals surface area contributed by atoms with Gasteiger partial charge >= 0.3 is 0 Å². The molecule has 0 bridgehead atoms. The summed E-state index contributed by atoms with van der Waals surface area (Å²) in [6, 6.07) is 0.763. The highest BCUT2D eigenvalue weighted by molar-refractivity contribution is 5.85. The van der Waals surface area contributed by atoms with Crippen molar-refractivity contribution in [1.82, 2.24) is 10.2 Å². The van der Waals surface area contributed by atoms with Crippen LogP contribution in [0.5, 0.6) is 0 Å². The number of hydrogen-bond donors (Lipinski definition) is 1. The summed E-state index contributed by atoms with van der Waals surface area (Å²) >= 11 is 0. The minimum atomic E-state index is 0. The molecule has 0 aromatic rings. The Morgan fingerprint density at radius 2 is 1.95 bits per heavy atom. The van der Waals surface area contributed by atoms with Crippen LogP contribution in [0.2, 0.25) is 0 Å². The summed E-state index contributed by atoms with van der Waals surface area (Å²) in [5, 5.41) is 3.53. The lowest BCUT2D eigenvalue weighted by atomic mass is 9.59. The number of halogens is 1. The van der Waals surface area contributed by atoms with Crippen LogP contribution in [0, 0.1) is 10.8 Å². The van der Waals surface area contributed by atoms with Gasteiger partial charge in [-0.3, -0.25) is 0 Å². The Balaban J connectivity index is 0.00000161. The summed E-state index contributed by atoms with van der Waals surface area (Å²) in [5.74, 6) is 0. The van der Waals surface area contributed by atoms with Crippen molar-refractivity contribution in [2.24, 2.45) is 10.8 Å². The van der Waals surface area contributed by atoms with Gasteiger partial charge in [-0.2, -0.15) is 0 Å². The molecular weight excluding hydrogens is 284 g/mol. The first-order valence-corrected chi connectivity index (χ1v) is 8.62. The Bertz CT molecular complexity index is 338. The predicted molar refractivity (Wildman–Crippen MR) is 90.2 cm³/mol. The van der Waals surface area contributed by atoms with Gasteiger partial charge in [0.05, 0.1) is 6.10 Å². The van der Waals surface area contributed by atoms with E-state index in [1.807, 2.05) is 0 Å². The second-order valence-electron chi connectivity index (χ2n) is 7.79. The zero-order valence-corrected chi connectivity index (χ0v) is 14.8. The molecule has 1 N–H and O–H groups in total. The molecule has 2 aliphatic carbocycles. The van der Waals surface area contributed by atoms with Crippen LogP contribution in [0.4, 0.5) is 0 Å². The third kappa shape index (κ3) is 3.12. The summed E-state index contributed by atoms with van der Waals surface area (Å²) in [7, 11) is 2.36. The molecule has 3 rings (SSSR count). The summed E-state index contributed by atoms with van der Waals surface area (Å²) in [5.41, 5.74) is 0.971. The Kier molecular flexibility index (Phi) is 5.62. The second-order valence-corrected chi connectivity index (χ2v) is 7.79. The van der Waals surface area contributed by atoms with E-state index in [1.165, 1.54) is 58.2 Å². The van der Waals surface area contributed by atoms with Gasteiger partial charge in [0.25, 0.3) is 0 Å². The molecule has 0 radical (unpaired) electrons. The maximum atomic E-state index is 6.05. The SMILES string of the molecule is CCOC1CC(N(C)CC2(C)CCNC2)C12CCCC2.Cl. The van der Waals surface area contributed by atoms with Gasteiger partial charge in [0.15, 0.2) is 0 Å². The minimum Gasteiger partial charge on any atom is -0.378 e. The topological polar surface area (TPSA) is 24.5 Å². The van der Waals surface area contributed by atoms with E-state index in [4.69, 9.17) is 4.74 Å². The maximum Gasteiger partial charge on any atom is 0.0661 e. The lowest BCUT2D eigenvalue weighted by molar-refractivity contribution is -0.164. The van der Waals surface area contributed by atoms with E-state index in [2.05, 4.69) is 31.1 Å². The summed E-state index contributed by atoms with van der Waals surface area (Å²) in [6.07, 6.45) is 8.72. The third-order valence-corrected chi connectivity index (χ3v) is 6.26. The highest BCUT2D eigenvalue weighted by atomic mass is 35.5. The van der Waals surface area contributed by atoms with E-state index in [0.29, 0.717) is 16.9 Å². The monoisotopic (exact) mass is 316 g/mol. The first kappa shape index (κ1) is 17.5. The summed E-state index contributed by atoms with van der Waals surface area (Å²) in [4.78, 5) is 2.67. The average molecular weight is 317 g/mol. The van der Waals surface area contributed by atoms with Crippen LogP contribution in [0.1, 0.15) is 52.4 Å². The Labute approximate surface area is 136 Å². The molecule has 1 aliphatic heterocycles. The minimum absolute atomic E-state index is 0. The van der Waals surface area contributed by atoms with Gasteiger partial charge in [0.1, 0.15) is 0 Å². The Morgan fingerprint density at radius 1 is 1.24 bits per heavy atom. The van der Waals surface area contributed by atoms with Crippen LogP contribution >= 0.6 is 12.4 Å². The van der Waals surface area contributed by atoms with E-state index in [1.54, 1.807) is 0 Å². The number of rotatable bonds is 5. The van der Waals surface area contributed by atoms with Gasteiger partial charge in [0.2, 0.25) is 0 Å². The van der Waals surface area contributed by atoms with Gasteiger partial charge in [-0.05, 0) is 51.6 Å². The molecule has 1 saturated heterocycles. The van der Waals surface area contributed by atoms with E-state index < -0.39 is 0 Å². The molecule has 0 aromatic carbocycles. The van der Waals surface area contributed by atoms with E-state index in [9.17, 15) is 0 Å². The van der Waals surface area contributed by atoms with Crippen LogP contribution in [0.25, 0.3) is 0 Å². The maximum absolute atomic E-state index is 6.05. The zero-order valence-electron chi connectivity index (χ0n) is 14.0. The molecule has 3 unspecified atom stereocenters. The number of nitrogens with zero attached hydrogens (tertiary/aromatic N) is 1. The molecule has 21 heavy (non-hydrogen) atoms. The molecule has 3 nitrogen and oxygen atoms in total. The van der Waals surface area contributed by atoms with Crippen molar-refractivity contribution >= 4 is 12.4 Å².